The van der Waals surface area contributed by atoms with Crippen LogP contribution < -0.4 is 0 Å². The highest BCUT2D eigenvalue weighted by Crippen LogP contribution is 2.32. The van der Waals surface area contributed by atoms with E-state index in [-0.39, 0.29) is 23.0 Å². The smallest absolute Gasteiger partial charge is 0.231 e. The van der Waals surface area contributed by atoms with Gasteiger partial charge in [-0.15, -0.1) is 0 Å². The van der Waals surface area contributed by atoms with Crippen LogP contribution in [0, 0.1) is 0 Å². The van der Waals surface area contributed by atoms with Gasteiger partial charge < -0.3 is 4.90 Å². The predicted octanol–water partition coefficient (Wildman–Crippen LogP) is 2.94. The summed E-state index contributed by atoms with van der Waals surface area (Å²) in [5.74, 6) is -0.523. The van der Waals surface area contributed by atoms with Gasteiger partial charge in [0.1, 0.15) is 11.4 Å². The van der Waals surface area contributed by atoms with Gasteiger partial charge in [-0.1, -0.05) is 18.2 Å². The number of carbonyl (C=O) groups is 2. The maximum absolute atomic E-state index is 13.1. The third kappa shape index (κ3) is 2.32. The summed E-state index contributed by atoms with van der Waals surface area (Å²) in [6.45, 7) is 0. The lowest BCUT2D eigenvalue weighted by atomic mass is 9.86. The number of pyridine rings is 2. The number of fused-ring (bicyclic) bond motifs is 3. The van der Waals surface area contributed by atoms with Gasteiger partial charge in [0.15, 0.2) is 5.78 Å². The molecule has 3 aromatic rings. The molecule has 0 amide bonds. The van der Waals surface area contributed by atoms with Gasteiger partial charge in [-0.3, -0.25) is 14.6 Å². The quantitative estimate of drug-likeness (QED) is 0.566. The Morgan fingerprint density at radius 2 is 1.76 bits per heavy atom. The van der Waals surface area contributed by atoms with Gasteiger partial charge >= 0.3 is 0 Å². The van der Waals surface area contributed by atoms with E-state index in [0.717, 1.165) is 5.39 Å². The molecule has 0 radical (unpaired) electrons. The summed E-state index contributed by atoms with van der Waals surface area (Å²) in [4.78, 5) is 36.4. The molecule has 5 heteroatoms. The normalized spacial score (nSPS) is 13.2. The van der Waals surface area contributed by atoms with Gasteiger partial charge in [0.2, 0.25) is 5.78 Å². The predicted molar refractivity (Wildman–Crippen MR) is 95.6 cm³/mol. The second-order valence-electron chi connectivity index (χ2n) is 6.10. The van der Waals surface area contributed by atoms with Crippen LogP contribution in [0.4, 0.5) is 0 Å². The average Bonchev–Trinajstić information content (AvgIpc) is 2.63. The van der Waals surface area contributed by atoms with Gasteiger partial charge in [0, 0.05) is 25.7 Å². The number of rotatable bonds is 2. The second-order valence-corrected chi connectivity index (χ2v) is 6.10. The number of hydrogen-bond donors (Lipinski definition) is 0. The highest BCUT2D eigenvalue weighted by molar-refractivity contribution is 6.29. The van der Waals surface area contributed by atoms with Gasteiger partial charge in [-0.2, -0.15) is 0 Å². The summed E-state index contributed by atoms with van der Waals surface area (Å²) in [5.41, 5.74) is 2.42. The number of carbonyl (C=O) groups excluding carboxylic acids is 2. The molecule has 0 saturated heterocycles. The van der Waals surface area contributed by atoms with Gasteiger partial charge in [0.05, 0.1) is 16.6 Å². The number of para-hydroxylation sites is 1. The monoisotopic (exact) mass is 329 g/mol. The van der Waals surface area contributed by atoms with Crippen molar-refractivity contribution >= 4 is 28.5 Å². The molecule has 4 rings (SSSR count). The maximum Gasteiger partial charge on any atom is 0.231 e. The minimum absolute atomic E-state index is 0.172. The first-order valence-electron chi connectivity index (χ1n) is 7.89. The van der Waals surface area contributed by atoms with Gasteiger partial charge in [0.25, 0.3) is 0 Å². The van der Waals surface area contributed by atoms with Crippen LogP contribution in [0.5, 0.6) is 0 Å². The highest BCUT2D eigenvalue weighted by Gasteiger charge is 2.34. The number of hydrogen-bond acceptors (Lipinski definition) is 5. The molecule has 0 saturated carbocycles. The Morgan fingerprint density at radius 1 is 0.960 bits per heavy atom. The molecule has 1 aliphatic rings. The molecule has 1 aromatic carbocycles. The summed E-state index contributed by atoms with van der Waals surface area (Å²) in [5, 5.41) is 0.841. The van der Waals surface area contributed by atoms with Crippen molar-refractivity contribution in [1.29, 1.82) is 0 Å². The van der Waals surface area contributed by atoms with Crippen molar-refractivity contribution < 1.29 is 9.59 Å². The average molecular weight is 329 g/mol. The van der Waals surface area contributed by atoms with Crippen LogP contribution in [0.1, 0.15) is 37.7 Å². The second kappa shape index (κ2) is 5.63. The molecule has 0 aliphatic heterocycles. The van der Waals surface area contributed by atoms with Gasteiger partial charge in [-0.05, 0) is 36.0 Å². The number of aromatic nitrogens is 2. The Kier molecular flexibility index (Phi) is 3.42. The molecule has 2 aromatic heterocycles. The lowest BCUT2D eigenvalue weighted by molar-refractivity contribution is 0.0972. The minimum Gasteiger partial charge on any atom is -0.383 e. The fraction of sp³-hybridized carbons (Fsp3) is 0.100. The molecular formula is C20H15N3O2. The van der Waals surface area contributed by atoms with E-state index in [1.807, 2.05) is 55.5 Å². The molecular weight excluding hydrogens is 314 g/mol. The summed E-state index contributed by atoms with van der Waals surface area (Å²) >= 11 is 0. The Labute approximate surface area is 144 Å². The van der Waals surface area contributed by atoms with Crippen LogP contribution in [-0.4, -0.2) is 40.5 Å². The summed E-state index contributed by atoms with van der Waals surface area (Å²) in [6.07, 6.45) is 5.23. The third-order valence-electron chi connectivity index (χ3n) is 4.18. The number of nitrogens with zero attached hydrogens (tertiary/aromatic N) is 3. The molecule has 0 spiro atoms. The van der Waals surface area contributed by atoms with Crippen LogP contribution >= 0.6 is 0 Å². The molecule has 1 aliphatic carbocycles. The van der Waals surface area contributed by atoms with E-state index in [0.29, 0.717) is 22.2 Å². The van der Waals surface area contributed by atoms with Crippen molar-refractivity contribution in [2.24, 2.45) is 0 Å². The maximum atomic E-state index is 13.1. The van der Waals surface area contributed by atoms with E-state index < -0.39 is 0 Å². The topological polar surface area (TPSA) is 63.2 Å². The Balaban J connectivity index is 2.09. The zero-order valence-electron chi connectivity index (χ0n) is 13.9. The van der Waals surface area contributed by atoms with E-state index in [2.05, 4.69) is 9.97 Å². The van der Waals surface area contributed by atoms with Crippen molar-refractivity contribution in [3.8, 4) is 0 Å². The van der Waals surface area contributed by atoms with Crippen molar-refractivity contribution in [1.82, 2.24) is 14.9 Å². The molecule has 0 atom stereocenters. The summed E-state index contributed by atoms with van der Waals surface area (Å²) in [7, 11) is 3.80. The van der Waals surface area contributed by atoms with Crippen molar-refractivity contribution in [2.75, 3.05) is 14.1 Å². The highest BCUT2D eigenvalue weighted by atomic mass is 16.1. The first-order chi connectivity index (χ1) is 12.1. The fourth-order valence-electron chi connectivity index (χ4n) is 3.04. The lowest BCUT2D eigenvalue weighted by Crippen LogP contribution is -2.25. The molecule has 0 N–H and O–H groups in total. The standard InChI is InChI=1S/C20H15N3O2/c1-23(2)11-9-13-12-6-3-4-8-15(12)22-18-16(13)19(24)14-7-5-10-21-17(14)20(18)25/h3-11H,1-2H3. The molecule has 122 valence electrons. The van der Waals surface area contributed by atoms with E-state index in [4.69, 9.17) is 0 Å². The van der Waals surface area contributed by atoms with E-state index in [1.165, 1.54) is 6.20 Å². The van der Waals surface area contributed by atoms with Crippen molar-refractivity contribution in [2.45, 2.75) is 0 Å². The van der Waals surface area contributed by atoms with Crippen molar-refractivity contribution in [3.63, 3.8) is 0 Å². The molecule has 0 unspecified atom stereocenters. The summed E-state index contributed by atoms with van der Waals surface area (Å²) in [6, 6.07) is 10.8. The Morgan fingerprint density at radius 3 is 2.56 bits per heavy atom. The van der Waals surface area contributed by atoms with E-state index >= 15 is 0 Å². The molecule has 2 heterocycles. The number of ketones is 2. The first kappa shape index (κ1) is 15.2. The molecule has 0 fully saturated rings. The molecule has 25 heavy (non-hydrogen) atoms. The fourth-order valence-corrected chi connectivity index (χ4v) is 3.04. The zero-order chi connectivity index (χ0) is 17.6. The molecule has 0 bridgehead atoms. The van der Waals surface area contributed by atoms with Crippen LogP contribution in [0.25, 0.3) is 17.0 Å². The van der Waals surface area contributed by atoms with E-state index in [9.17, 15) is 9.59 Å². The lowest BCUT2D eigenvalue weighted by Gasteiger charge is -2.19. The Hall–Kier alpha value is -3.34. The van der Waals surface area contributed by atoms with E-state index in [1.54, 1.807) is 12.1 Å². The van der Waals surface area contributed by atoms with Crippen LogP contribution in [0.15, 0.2) is 48.8 Å². The van der Waals surface area contributed by atoms with Gasteiger partial charge in [-0.25, -0.2) is 4.98 Å². The molecule has 5 nitrogen and oxygen atoms in total. The first-order valence-corrected chi connectivity index (χ1v) is 7.89. The minimum atomic E-state index is -0.310. The summed E-state index contributed by atoms with van der Waals surface area (Å²) < 4.78 is 0. The van der Waals surface area contributed by atoms with Crippen LogP contribution in [-0.2, 0) is 0 Å². The largest absolute Gasteiger partial charge is 0.383 e. The SMILES string of the molecule is CN(C)C=Cc1c2c(nc3ccccc13)C(=O)c1ncccc1C2=O. The Bertz CT molecular complexity index is 1070. The third-order valence-corrected chi connectivity index (χ3v) is 4.18. The van der Waals surface area contributed by atoms with Crippen LogP contribution in [0.3, 0.4) is 0 Å². The van der Waals surface area contributed by atoms with Crippen LogP contribution in [0.2, 0.25) is 0 Å². The van der Waals surface area contributed by atoms with Crippen molar-refractivity contribution in [3.05, 3.63) is 76.9 Å². The number of benzene rings is 1. The zero-order valence-corrected chi connectivity index (χ0v) is 13.9.